The lowest BCUT2D eigenvalue weighted by Gasteiger charge is -2.12. The molecule has 8 heteroatoms. The van der Waals surface area contributed by atoms with Gasteiger partial charge in [-0.3, -0.25) is 14.7 Å². The zero-order valence-electron chi connectivity index (χ0n) is 13.7. The number of amides is 2. The summed E-state index contributed by atoms with van der Waals surface area (Å²) < 4.78 is 10.3. The molecule has 8 nitrogen and oxygen atoms in total. The van der Waals surface area contributed by atoms with Gasteiger partial charge < -0.3 is 19.7 Å². The van der Waals surface area contributed by atoms with Crippen molar-refractivity contribution in [3.8, 4) is 11.5 Å². The van der Waals surface area contributed by atoms with Crippen LogP contribution in [0.2, 0.25) is 0 Å². The molecule has 2 aromatic rings. The summed E-state index contributed by atoms with van der Waals surface area (Å²) in [4.78, 5) is 25.7. The molecule has 0 saturated carbocycles. The van der Waals surface area contributed by atoms with E-state index in [0.717, 1.165) is 11.3 Å². The maximum atomic E-state index is 12.5. The molecule has 0 spiro atoms. The molecular weight excluding hydrogens is 312 g/mol. The second-order valence-electron chi connectivity index (χ2n) is 5.45. The van der Waals surface area contributed by atoms with E-state index in [9.17, 15) is 9.59 Å². The van der Waals surface area contributed by atoms with Gasteiger partial charge in [0.15, 0.2) is 0 Å². The van der Waals surface area contributed by atoms with Crippen molar-refractivity contribution < 1.29 is 19.1 Å². The van der Waals surface area contributed by atoms with Gasteiger partial charge in [-0.2, -0.15) is 5.10 Å². The molecule has 0 fully saturated rings. The van der Waals surface area contributed by atoms with E-state index in [1.165, 1.54) is 21.1 Å². The SMILES string of the molecule is COc1cc(OC)cc(C(=O)Nc2[nH]nc3c2CN(C(C)=O)C3)c1. The van der Waals surface area contributed by atoms with Crippen LogP contribution in [0.25, 0.3) is 0 Å². The Labute approximate surface area is 138 Å². The van der Waals surface area contributed by atoms with E-state index in [1.54, 1.807) is 23.1 Å². The Morgan fingerprint density at radius 2 is 1.83 bits per heavy atom. The third-order valence-corrected chi connectivity index (χ3v) is 3.94. The highest BCUT2D eigenvalue weighted by Crippen LogP contribution is 2.28. The van der Waals surface area contributed by atoms with E-state index in [0.29, 0.717) is 36.0 Å². The lowest BCUT2D eigenvalue weighted by atomic mass is 10.2. The third-order valence-electron chi connectivity index (χ3n) is 3.94. The monoisotopic (exact) mass is 330 g/mol. The highest BCUT2D eigenvalue weighted by molar-refractivity contribution is 6.04. The zero-order chi connectivity index (χ0) is 17.3. The lowest BCUT2D eigenvalue weighted by Crippen LogP contribution is -2.23. The molecule has 1 aliphatic heterocycles. The number of anilines is 1. The molecular formula is C16H18N4O4. The number of carbonyl (C=O) groups is 2. The van der Waals surface area contributed by atoms with Crippen molar-refractivity contribution in [2.75, 3.05) is 19.5 Å². The first-order chi connectivity index (χ1) is 11.5. The lowest BCUT2D eigenvalue weighted by molar-refractivity contribution is -0.129. The minimum atomic E-state index is -0.320. The molecule has 0 atom stereocenters. The minimum absolute atomic E-state index is 0.0252. The van der Waals surface area contributed by atoms with E-state index in [2.05, 4.69) is 15.5 Å². The summed E-state index contributed by atoms with van der Waals surface area (Å²) in [6.45, 7) is 2.39. The first-order valence-corrected chi connectivity index (χ1v) is 7.38. The summed E-state index contributed by atoms with van der Waals surface area (Å²) in [6, 6.07) is 4.93. The Bertz CT molecular complexity index is 777. The highest BCUT2D eigenvalue weighted by atomic mass is 16.5. The summed E-state index contributed by atoms with van der Waals surface area (Å²) in [6.07, 6.45) is 0. The fourth-order valence-electron chi connectivity index (χ4n) is 2.58. The molecule has 0 aliphatic carbocycles. The molecule has 0 bridgehead atoms. The fourth-order valence-corrected chi connectivity index (χ4v) is 2.58. The molecule has 1 aromatic heterocycles. The van der Waals surface area contributed by atoms with Gasteiger partial charge in [-0.05, 0) is 12.1 Å². The number of nitrogens with one attached hydrogen (secondary N) is 2. The predicted molar refractivity (Wildman–Crippen MR) is 86.0 cm³/mol. The van der Waals surface area contributed by atoms with Crippen LogP contribution < -0.4 is 14.8 Å². The molecule has 1 aromatic carbocycles. The van der Waals surface area contributed by atoms with Gasteiger partial charge in [0.25, 0.3) is 5.91 Å². The number of nitrogens with zero attached hydrogens (tertiary/aromatic N) is 2. The number of ether oxygens (including phenoxy) is 2. The van der Waals surface area contributed by atoms with Crippen molar-refractivity contribution in [1.82, 2.24) is 15.1 Å². The van der Waals surface area contributed by atoms with Crippen molar-refractivity contribution >= 4 is 17.6 Å². The maximum absolute atomic E-state index is 12.5. The number of methoxy groups -OCH3 is 2. The van der Waals surface area contributed by atoms with Gasteiger partial charge in [0.05, 0.1) is 33.0 Å². The van der Waals surface area contributed by atoms with Crippen LogP contribution in [-0.4, -0.2) is 41.1 Å². The number of fused-ring (bicyclic) bond motifs is 1. The Morgan fingerprint density at radius 1 is 1.17 bits per heavy atom. The molecule has 0 unspecified atom stereocenters. The normalized spacial score (nSPS) is 12.7. The van der Waals surface area contributed by atoms with Gasteiger partial charge in [-0.1, -0.05) is 0 Å². The minimum Gasteiger partial charge on any atom is -0.497 e. The number of rotatable bonds is 4. The van der Waals surface area contributed by atoms with Crippen LogP contribution in [0.1, 0.15) is 28.5 Å². The third kappa shape index (κ3) is 2.90. The average Bonchev–Trinajstić information content (AvgIpc) is 3.16. The number of hydrogen-bond donors (Lipinski definition) is 2. The second kappa shape index (κ2) is 6.23. The van der Waals surface area contributed by atoms with E-state index in [1.807, 2.05) is 0 Å². The van der Waals surface area contributed by atoms with Crippen LogP contribution in [0.4, 0.5) is 5.82 Å². The summed E-state index contributed by atoms with van der Waals surface area (Å²) in [7, 11) is 3.04. The standard InChI is InChI=1S/C16H18N4O4/c1-9(21)20-7-13-14(8-20)18-19-15(13)17-16(22)10-4-11(23-2)6-12(5-10)24-3/h4-6H,7-8H2,1-3H3,(H2,17,18,19,22). The molecule has 0 radical (unpaired) electrons. The van der Waals surface area contributed by atoms with E-state index in [4.69, 9.17) is 9.47 Å². The van der Waals surface area contributed by atoms with Crippen molar-refractivity contribution in [3.63, 3.8) is 0 Å². The molecule has 126 valence electrons. The van der Waals surface area contributed by atoms with E-state index >= 15 is 0 Å². The molecule has 2 amide bonds. The number of carbonyl (C=O) groups excluding carboxylic acids is 2. The number of H-pyrrole nitrogens is 1. The first-order valence-electron chi connectivity index (χ1n) is 7.38. The number of hydrogen-bond acceptors (Lipinski definition) is 5. The van der Waals surface area contributed by atoms with Crippen LogP contribution >= 0.6 is 0 Å². The zero-order valence-corrected chi connectivity index (χ0v) is 13.7. The van der Waals surface area contributed by atoms with Crippen molar-refractivity contribution in [3.05, 3.63) is 35.0 Å². The topological polar surface area (TPSA) is 96.6 Å². The summed E-state index contributed by atoms with van der Waals surface area (Å²) >= 11 is 0. The first kappa shape index (κ1) is 15.9. The van der Waals surface area contributed by atoms with E-state index in [-0.39, 0.29) is 11.8 Å². The fraction of sp³-hybridized carbons (Fsp3) is 0.312. The van der Waals surface area contributed by atoms with Crippen molar-refractivity contribution in [1.29, 1.82) is 0 Å². The largest absolute Gasteiger partial charge is 0.497 e. The number of aromatic nitrogens is 2. The van der Waals surface area contributed by atoms with Gasteiger partial charge in [0.2, 0.25) is 5.91 Å². The predicted octanol–water partition coefficient (Wildman–Crippen LogP) is 1.54. The molecule has 2 N–H and O–H groups in total. The van der Waals surface area contributed by atoms with Crippen LogP contribution in [-0.2, 0) is 17.9 Å². The van der Waals surface area contributed by atoms with Gasteiger partial charge >= 0.3 is 0 Å². The smallest absolute Gasteiger partial charge is 0.257 e. The maximum Gasteiger partial charge on any atom is 0.257 e. The van der Waals surface area contributed by atoms with Crippen LogP contribution in [0.3, 0.4) is 0 Å². The Kier molecular flexibility index (Phi) is 4.11. The summed E-state index contributed by atoms with van der Waals surface area (Å²) in [5.74, 6) is 1.21. The van der Waals surface area contributed by atoms with Crippen molar-refractivity contribution in [2.45, 2.75) is 20.0 Å². The molecule has 3 rings (SSSR count). The Morgan fingerprint density at radius 3 is 2.42 bits per heavy atom. The van der Waals surface area contributed by atoms with Gasteiger partial charge in [0, 0.05) is 24.1 Å². The molecule has 24 heavy (non-hydrogen) atoms. The molecule has 2 heterocycles. The molecule has 1 aliphatic rings. The highest BCUT2D eigenvalue weighted by Gasteiger charge is 2.27. The molecule has 0 saturated heterocycles. The second-order valence-corrected chi connectivity index (χ2v) is 5.45. The van der Waals surface area contributed by atoms with E-state index < -0.39 is 0 Å². The van der Waals surface area contributed by atoms with Crippen LogP contribution in [0, 0.1) is 0 Å². The van der Waals surface area contributed by atoms with Gasteiger partial charge in [-0.15, -0.1) is 0 Å². The quantitative estimate of drug-likeness (QED) is 0.886. The summed E-state index contributed by atoms with van der Waals surface area (Å²) in [5.41, 5.74) is 1.99. The number of benzene rings is 1. The van der Waals surface area contributed by atoms with Crippen molar-refractivity contribution in [2.24, 2.45) is 0 Å². The van der Waals surface area contributed by atoms with Gasteiger partial charge in [0.1, 0.15) is 17.3 Å². The number of aromatic amines is 1. The van der Waals surface area contributed by atoms with Gasteiger partial charge in [-0.25, -0.2) is 0 Å². The van der Waals surface area contributed by atoms with Crippen LogP contribution in [0.15, 0.2) is 18.2 Å². The average molecular weight is 330 g/mol. The summed E-state index contributed by atoms with van der Waals surface area (Å²) in [5, 5.41) is 9.77. The van der Waals surface area contributed by atoms with Crippen LogP contribution in [0.5, 0.6) is 11.5 Å². The Balaban J connectivity index is 1.81. The Hall–Kier alpha value is -3.03.